The lowest BCUT2D eigenvalue weighted by Gasteiger charge is -2.12. The normalized spacial score (nSPS) is 10.4. The van der Waals surface area contributed by atoms with Crippen molar-refractivity contribution in [3.8, 4) is 17.2 Å². The van der Waals surface area contributed by atoms with E-state index < -0.39 is 0 Å². The number of halogens is 3. The summed E-state index contributed by atoms with van der Waals surface area (Å²) >= 11 is 18.0. The predicted octanol–water partition coefficient (Wildman–Crippen LogP) is 5.89. The summed E-state index contributed by atoms with van der Waals surface area (Å²) in [5, 5.41) is 1.30. The first-order valence-corrected chi connectivity index (χ1v) is 8.28. The standard InChI is InChI=1S/C17H17Cl3O3/c1-21-15-6-2-3-7-16(15)22-8-4-5-9-23-17-13(19)10-12(18)11-14(17)20/h2-3,6-7,10-11H,4-5,8-9H2,1H3. The van der Waals surface area contributed by atoms with Crippen molar-refractivity contribution in [1.82, 2.24) is 0 Å². The van der Waals surface area contributed by atoms with Crippen LogP contribution in [0.2, 0.25) is 15.1 Å². The molecule has 0 aliphatic heterocycles. The van der Waals surface area contributed by atoms with Crippen LogP contribution in [0.3, 0.4) is 0 Å². The number of hydrogen-bond acceptors (Lipinski definition) is 3. The fourth-order valence-corrected chi connectivity index (χ4v) is 2.89. The average Bonchev–Trinajstić information content (AvgIpc) is 2.53. The maximum absolute atomic E-state index is 6.06. The van der Waals surface area contributed by atoms with Crippen molar-refractivity contribution < 1.29 is 14.2 Å². The van der Waals surface area contributed by atoms with Gasteiger partial charge in [0, 0.05) is 5.02 Å². The maximum Gasteiger partial charge on any atom is 0.161 e. The van der Waals surface area contributed by atoms with Crippen molar-refractivity contribution in [2.45, 2.75) is 12.8 Å². The molecule has 6 heteroatoms. The lowest BCUT2D eigenvalue weighted by atomic mass is 10.3. The molecule has 0 amide bonds. The Labute approximate surface area is 151 Å². The van der Waals surface area contributed by atoms with E-state index in [1.807, 2.05) is 24.3 Å². The second-order valence-corrected chi connectivity index (χ2v) is 6.00. The molecule has 0 aliphatic carbocycles. The molecule has 0 heterocycles. The Kier molecular flexibility index (Phi) is 7.15. The maximum atomic E-state index is 6.06. The minimum absolute atomic E-state index is 0.410. The highest BCUT2D eigenvalue weighted by atomic mass is 35.5. The third kappa shape index (κ3) is 5.38. The van der Waals surface area contributed by atoms with Crippen LogP contribution in [0.4, 0.5) is 0 Å². The van der Waals surface area contributed by atoms with Gasteiger partial charge in [0.15, 0.2) is 17.2 Å². The first kappa shape index (κ1) is 18.1. The summed E-state index contributed by atoms with van der Waals surface area (Å²) in [6.07, 6.45) is 1.64. The van der Waals surface area contributed by atoms with Crippen molar-refractivity contribution in [3.63, 3.8) is 0 Å². The molecule has 124 valence electrons. The highest BCUT2D eigenvalue weighted by molar-refractivity contribution is 6.40. The average molecular weight is 376 g/mol. The molecule has 0 aliphatic rings. The third-order valence-electron chi connectivity index (χ3n) is 3.07. The van der Waals surface area contributed by atoms with Gasteiger partial charge in [0.2, 0.25) is 0 Å². The van der Waals surface area contributed by atoms with Crippen LogP contribution < -0.4 is 14.2 Å². The van der Waals surface area contributed by atoms with Gasteiger partial charge in [-0.1, -0.05) is 46.9 Å². The number of para-hydroxylation sites is 2. The summed E-state index contributed by atoms with van der Waals surface area (Å²) in [6, 6.07) is 10.8. The summed E-state index contributed by atoms with van der Waals surface area (Å²) in [6.45, 7) is 1.07. The van der Waals surface area contributed by atoms with E-state index in [9.17, 15) is 0 Å². The summed E-state index contributed by atoms with van der Waals surface area (Å²) in [5.41, 5.74) is 0. The molecule has 0 unspecified atom stereocenters. The summed E-state index contributed by atoms with van der Waals surface area (Å²) in [4.78, 5) is 0. The van der Waals surface area contributed by atoms with Gasteiger partial charge in [0.1, 0.15) is 0 Å². The van der Waals surface area contributed by atoms with Gasteiger partial charge in [-0.05, 0) is 37.1 Å². The molecule has 0 bridgehead atoms. The van der Waals surface area contributed by atoms with E-state index in [-0.39, 0.29) is 0 Å². The van der Waals surface area contributed by atoms with Gasteiger partial charge in [-0.3, -0.25) is 0 Å². The fourth-order valence-electron chi connectivity index (χ4n) is 1.97. The Morgan fingerprint density at radius 1 is 0.826 bits per heavy atom. The predicted molar refractivity (Wildman–Crippen MR) is 94.7 cm³/mol. The van der Waals surface area contributed by atoms with Gasteiger partial charge in [-0.15, -0.1) is 0 Å². The molecule has 0 saturated heterocycles. The molecular formula is C17H17Cl3O3. The molecule has 0 N–H and O–H groups in total. The zero-order valence-corrected chi connectivity index (χ0v) is 14.9. The quantitative estimate of drug-likeness (QED) is 0.538. The molecule has 0 atom stereocenters. The summed E-state index contributed by atoms with van der Waals surface area (Å²) < 4.78 is 16.5. The van der Waals surface area contributed by atoms with E-state index in [4.69, 9.17) is 49.0 Å². The summed E-state index contributed by atoms with van der Waals surface area (Å²) in [5.74, 6) is 1.92. The van der Waals surface area contributed by atoms with Gasteiger partial charge in [-0.25, -0.2) is 0 Å². The van der Waals surface area contributed by atoms with E-state index in [2.05, 4.69) is 0 Å². The third-order valence-corrected chi connectivity index (χ3v) is 3.85. The van der Waals surface area contributed by atoms with Gasteiger partial charge < -0.3 is 14.2 Å². The van der Waals surface area contributed by atoms with Crippen molar-refractivity contribution in [3.05, 3.63) is 51.5 Å². The van der Waals surface area contributed by atoms with Gasteiger partial charge in [-0.2, -0.15) is 0 Å². The minimum atomic E-state index is 0.410. The van der Waals surface area contributed by atoms with Crippen LogP contribution >= 0.6 is 34.8 Å². The number of benzene rings is 2. The number of rotatable bonds is 8. The Morgan fingerprint density at radius 2 is 1.39 bits per heavy atom. The molecule has 0 radical (unpaired) electrons. The topological polar surface area (TPSA) is 27.7 Å². The number of ether oxygens (including phenoxy) is 3. The first-order valence-electron chi connectivity index (χ1n) is 7.15. The fraction of sp³-hybridized carbons (Fsp3) is 0.294. The molecule has 0 aromatic heterocycles. The summed E-state index contributed by atoms with van der Waals surface area (Å²) in [7, 11) is 1.62. The van der Waals surface area contributed by atoms with Crippen molar-refractivity contribution >= 4 is 34.8 Å². The molecule has 0 fully saturated rings. The second kappa shape index (κ2) is 9.11. The molecule has 0 spiro atoms. The molecule has 23 heavy (non-hydrogen) atoms. The van der Waals surface area contributed by atoms with Crippen LogP contribution in [-0.4, -0.2) is 20.3 Å². The second-order valence-electron chi connectivity index (χ2n) is 4.75. The van der Waals surface area contributed by atoms with Gasteiger partial charge in [0.25, 0.3) is 0 Å². The van der Waals surface area contributed by atoms with Crippen LogP contribution in [0.1, 0.15) is 12.8 Å². The monoisotopic (exact) mass is 374 g/mol. The van der Waals surface area contributed by atoms with Crippen molar-refractivity contribution in [1.29, 1.82) is 0 Å². The van der Waals surface area contributed by atoms with Gasteiger partial charge in [0.05, 0.1) is 30.4 Å². The molecule has 2 rings (SSSR count). The van der Waals surface area contributed by atoms with E-state index in [1.54, 1.807) is 19.2 Å². The highest BCUT2D eigenvalue weighted by Crippen LogP contribution is 2.35. The number of hydrogen-bond donors (Lipinski definition) is 0. The number of unbranched alkanes of at least 4 members (excludes halogenated alkanes) is 1. The van der Waals surface area contributed by atoms with Crippen LogP contribution in [-0.2, 0) is 0 Å². The molecule has 2 aromatic rings. The Balaban J connectivity index is 1.72. The highest BCUT2D eigenvalue weighted by Gasteiger charge is 2.09. The van der Waals surface area contributed by atoms with Crippen LogP contribution in [0.15, 0.2) is 36.4 Å². The lowest BCUT2D eigenvalue weighted by molar-refractivity contribution is 0.258. The molecule has 2 aromatic carbocycles. The van der Waals surface area contributed by atoms with Crippen LogP contribution in [0.25, 0.3) is 0 Å². The van der Waals surface area contributed by atoms with Crippen LogP contribution in [0.5, 0.6) is 17.2 Å². The first-order chi connectivity index (χ1) is 11.1. The Bertz CT molecular complexity index is 624. The van der Waals surface area contributed by atoms with Crippen LogP contribution in [0, 0.1) is 0 Å². The van der Waals surface area contributed by atoms with E-state index in [1.165, 1.54) is 0 Å². The molecule has 0 saturated carbocycles. The van der Waals surface area contributed by atoms with E-state index in [0.717, 1.165) is 24.3 Å². The smallest absolute Gasteiger partial charge is 0.161 e. The molecular weight excluding hydrogens is 359 g/mol. The van der Waals surface area contributed by atoms with E-state index >= 15 is 0 Å². The van der Waals surface area contributed by atoms with Crippen molar-refractivity contribution in [2.75, 3.05) is 20.3 Å². The Hall–Kier alpha value is -1.29. The van der Waals surface area contributed by atoms with Gasteiger partial charge >= 0.3 is 0 Å². The zero-order chi connectivity index (χ0) is 16.7. The Morgan fingerprint density at radius 3 is 2.00 bits per heavy atom. The largest absolute Gasteiger partial charge is 0.493 e. The number of methoxy groups -OCH3 is 1. The SMILES string of the molecule is COc1ccccc1OCCCCOc1c(Cl)cc(Cl)cc1Cl. The van der Waals surface area contributed by atoms with Crippen molar-refractivity contribution in [2.24, 2.45) is 0 Å². The zero-order valence-electron chi connectivity index (χ0n) is 12.7. The lowest BCUT2D eigenvalue weighted by Crippen LogP contribution is -2.03. The minimum Gasteiger partial charge on any atom is -0.493 e. The van der Waals surface area contributed by atoms with E-state index in [0.29, 0.717) is 34.0 Å². The molecule has 3 nitrogen and oxygen atoms in total.